The highest BCUT2D eigenvalue weighted by Gasteiger charge is 2.21. The van der Waals surface area contributed by atoms with Crippen LogP contribution in [0.1, 0.15) is 13.8 Å². The number of carbonyl (C=O) groups is 1. The SMILES string of the molecule is CCOc1ccc(Br)cc1S(=O)(=O)Nc1ccc(NC(=O)[C@@H](C)Oc2ccccc2)cc1. The fourth-order valence-corrected chi connectivity index (χ4v) is 4.54. The van der Waals surface area contributed by atoms with Crippen LogP contribution in [0.25, 0.3) is 0 Å². The van der Waals surface area contributed by atoms with Crippen molar-refractivity contribution in [3.05, 3.63) is 77.3 Å². The minimum absolute atomic E-state index is 0.0259. The van der Waals surface area contributed by atoms with Crippen LogP contribution >= 0.6 is 15.9 Å². The number of nitrogens with one attached hydrogen (secondary N) is 2. The van der Waals surface area contributed by atoms with Gasteiger partial charge >= 0.3 is 0 Å². The lowest BCUT2D eigenvalue weighted by molar-refractivity contribution is -0.122. The molecule has 0 aliphatic heterocycles. The van der Waals surface area contributed by atoms with E-state index in [1.54, 1.807) is 62.4 Å². The summed E-state index contributed by atoms with van der Waals surface area (Å²) >= 11 is 3.29. The molecule has 0 unspecified atom stereocenters. The molecule has 32 heavy (non-hydrogen) atoms. The summed E-state index contributed by atoms with van der Waals surface area (Å²) in [5, 5.41) is 2.75. The van der Waals surface area contributed by atoms with Gasteiger partial charge in [-0.05, 0) is 68.4 Å². The molecule has 7 nitrogen and oxygen atoms in total. The molecule has 1 atom stereocenters. The number of hydrogen-bond acceptors (Lipinski definition) is 5. The van der Waals surface area contributed by atoms with E-state index in [0.717, 1.165) is 0 Å². The zero-order valence-corrected chi connectivity index (χ0v) is 19.9. The summed E-state index contributed by atoms with van der Waals surface area (Å²) in [6.45, 7) is 3.77. The third kappa shape index (κ3) is 6.24. The lowest BCUT2D eigenvalue weighted by Crippen LogP contribution is -2.30. The third-order valence-electron chi connectivity index (χ3n) is 4.33. The molecular weight excluding hydrogens is 496 g/mol. The van der Waals surface area contributed by atoms with Gasteiger partial charge in [0.15, 0.2) is 6.10 Å². The molecule has 0 radical (unpaired) electrons. The van der Waals surface area contributed by atoms with Crippen molar-refractivity contribution in [1.82, 2.24) is 0 Å². The fourth-order valence-electron chi connectivity index (χ4n) is 2.80. The molecule has 0 saturated heterocycles. The molecule has 0 fully saturated rings. The molecule has 3 aromatic rings. The Hall–Kier alpha value is -3.04. The number of carbonyl (C=O) groups excluding carboxylic acids is 1. The number of sulfonamides is 1. The Balaban J connectivity index is 1.67. The van der Waals surface area contributed by atoms with E-state index in [4.69, 9.17) is 9.47 Å². The maximum absolute atomic E-state index is 12.9. The van der Waals surface area contributed by atoms with Crippen LogP contribution in [-0.4, -0.2) is 27.0 Å². The van der Waals surface area contributed by atoms with Crippen LogP contribution in [0.3, 0.4) is 0 Å². The predicted octanol–water partition coefficient (Wildman–Crippen LogP) is 5.05. The van der Waals surface area contributed by atoms with Gasteiger partial charge in [0.25, 0.3) is 15.9 Å². The fraction of sp³-hybridized carbons (Fsp3) is 0.174. The number of hydrogen-bond donors (Lipinski definition) is 2. The van der Waals surface area contributed by atoms with E-state index in [1.165, 1.54) is 6.07 Å². The van der Waals surface area contributed by atoms with E-state index >= 15 is 0 Å². The lowest BCUT2D eigenvalue weighted by Gasteiger charge is -2.15. The van der Waals surface area contributed by atoms with E-state index in [2.05, 4.69) is 26.0 Å². The maximum atomic E-state index is 12.9. The van der Waals surface area contributed by atoms with Gasteiger partial charge in [-0.25, -0.2) is 8.42 Å². The van der Waals surface area contributed by atoms with Crippen LogP contribution in [-0.2, 0) is 14.8 Å². The minimum Gasteiger partial charge on any atom is -0.492 e. The Kier molecular flexibility index (Phi) is 7.76. The Morgan fingerprint density at radius 1 is 1.00 bits per heavy atom. The highest BCUT2D eigenvalue weighted by atomic mass is 79.9. The largest absolute Gasteiger partial charge is 0.492 e. The highest BCUT2D eigenvalue weighted by Crippen LogP contribution is 2.29. The van der Waals surface area contributed by atoms with Crippen molar-refractivity contribution >= 4 is 43.2 Å². The minimum atomic E-state index is -3.88. The summed E-state index contributed by atoms with van der Waals surface area (Å²) in [6.07, 6.45) is -0.705. The van der Waals surface area contributed by atoms with Gasteiger partial charge in [0.1, 0.15) is 16.4 Å². The molecule has 3 aromatic carbocycles. The van der Waals surface area contributed by atoms with Crippen molar-refractivity contribution in [2.24, 2.45) is 0 Å². The normalized spacial score (nSPS) is 12.0. The molecule has 1 amide bonds. The second kappa shape index (κ2) is 10.5. The smallest absolute Gasteiger partial charge is 0.265 e. The van der Waals surface area contributed by atoms with E-state index in [1.807, 2.05) is 18.2 Å². The summed E-state index contributed by atoms with van der Waals surface area (Å²) in [5.41, 5.74) is 0.859. The summed E-state index contributed by atoms with van der Waals surface area (Å²) in [4.78, 5) is 12.4. The van der Waals surface area contributed by atoms with Gasteiger partial charge in [-0.15, -0.1) is 0 Å². The molecule has 0 aliphatic carbocycles. The molecule has 0 saturated carbocycles. The van der Waals surface area contributed by atoms with E-state index < -0.39 is 16.1 Å². The first kappa shape index (κ1) is 23.6. The molecule has 2 N–H and O–H groups in total. The number of halogens is 1. The first-order chi connectivity index (χ1) is 15.3. The number of para-hydroxylation sites is 1. The Bertz CT molecular complexity index is 1170. The van der Waals surface area contributed by atoms with E-state index in [-0.39, 0.29) is 16.6 Å². The van der Waals surface area contributed by atoms with Gasteiger partial charge in [0.2, 0.25) is 0 Å². The standard InChI is InChI=1S/C23H23BrN2O5S/c1-3-30-21-14-9-17(24)15-22(21)32(28,29)26-19-12-10-18(11-13-19)25-23(27)16(2)31-20-7-5-4-6-8-20/h4-16,26H,3H2,1-2H3,(H,25,27)/t16-/m1/s1. The second-order valence-corrected chi connectivity index (χ2v) is 9.34. The van der Waals surface area contributed by atoms with Gasteiger partial charge < -0.3 is 14.8 Å². The van der Waals surface area contributed by atoms with Gasteiger partial charge in [0.05, 0.1) is 6.61 Å². The summed E-state index contributed by atoms with van der Waals surface area (Å²) in [6, 6.07) is 20.2. The van der Waals surface area contributed by atoms with Gasteiger partial charge in [0, 0.05) is 15.8 Å². The first-order valence-corrected chi connectivity index (χ1v) is 12.1. The molecular formula is C23H23BrN2O5S. The van der Waals surface area contributed by atoms with Crippen LogP contribution < -0.4 is 19.5 Å². The van der Waals surface area contributed by atoms with Crippen molar-refractivity contribution in [3.8, 4) is 11.5 Å². The lowest BCUT2D eigenvalue weighted by atomic mass is 10.2. The number of benzene rings is 3. The van der Waals surface area contributed by atoms with Crippen LogP contribution in [0.15, 0.2) is 82.2 Å². The molecule has 0 bridgehead atoms. The van der Waals surface area contributed by atoms with Crippen LogP contribution in [0, 0.1) is 0 Å². The molecule has 0 spiro atoms. The molecule has 0 aromatic heterocycles. The number of rotatable bonds is 9. The second-order valence-electron chi connectivity index (χ2n) is 6.77. The Labute approximate surface area is 195 Å². The van der Waals surface area contributed by atoms with Crippen molar-refractivity contribution in [1.29, 1.82) is 0 Å². The van der Waals surface area contributed by atoms with Crippen molar-refractivity contribution in [3.63, 3.8) is 0 Å². The summed E-state index contributed by atoms with van der Waals surface area (Å²) in [5.74, 6) is 0.538. The monoisotopic (exact) mass is 518 g/mol. The quantitative estimate of drug-likeness (QED) is 0.413. The molecule has 0 heterocycles. The van der Waals surface area contributed by atoms with Crippen LogP contribution in [0.4, 0.5) is 11.4 Å². The van der Waals surface area contributed by atoms with Crippen molar-refractivity contribution < 1.29 is 22.7 Å². The topological polar surface area (TPSA) is 93.7 Å². The summed E-state index contributed by atoms with van der Waals surface area (Å²) in [7, 11) is -3.88. The number of anilines is 2. The Morgan fingerprint density at radius 2 is 1.66 bits per heavy atom. The van der Waals surface area contributed by atoms with Crippen molar-refractivity contribution in [2.75, 3.05) is 16.6 Å². The average molecular weight is 519 g/mol. The number of ether oxygens (including phenoxy) is 2. The molecule has 9 heteroatoms. The zero-order valence-electron chi connectivity index (χ0n) is 17.5. The molecule has 168 valence electrons. The summed E-state index contributed by atoms with van der Waals surface area (Å²) < 4.78 is 40.0. The van der Waals surface area contributed by atoms with Crippen LogP contribution in [0.5, 0.6) is 11.5 Å². The van der Waals surface area contributed by atoms with E-state index in [0.29, 0.717) is 28.2 Å². The van der Waals surface area contributed by atoms with Crippen LogP contribution in [0.2, 0.25) is 0 Å². The predicted molar refractivity (Wildman–Crippen MR) is 128 cm³/mol. The first-order valence-electron chi connectivity index (χ1n) is 9.86. The maximum Gasteiger partial charge on any atom is 0.265 e. The van der Waals surface area contributed by atoms with Gasteiger partial charge in [-0.2, -0.15) is 0 Å². The Morgan fingerprint density at radius 3 is 2.31 bits per heavy atom. The zero-order chi connectivity index (χ0) is 23.1. The number of amides is 1. The van der Waals surface area contributed by atoms with E-state index in [9.17, 15) is 13.2 Å². The van der Waals surface area contributed by atoms with Gasteiger partial charge in [-0.1, -0.05) is 34.1 Å². The third-order valence-corrected chi connectivity index (χ3v) is 6.22. The molecule has 0 aliphatic rings. The van der Waals surface area contributed by atoms with Crippen molar-refractivity contribution in [2.45, 2.75) is 24.8 Å². The average Bonchev–Trinajstić information content (AvgIpc) is 2.77. The van der Waals surface area contributed by atoms with Gasteiger partial charge in [-0.3, -0.25) is 9.52 Å². The highest BCUT2D eigenvalue weighted by molar-refractivity contribution is 9.10. The molecule has 3 rings (SSSR count).